The van der Waals surface area contributed by atoms with Crippen LogP contribution in [0.5, 0.6) is 0 Å². The molecule has 1 heterocycles. The summed E-state index contributed by atoms with van der Waals surface area (Å²) < 4.78 is 5.30. The molecule has 2 rings (SSSR count). The molecule has 1 saturated heterocycles. The predicted molar refractivity (Wildman–Crippen MR) is 56.7 cm³/mol. The number of ether oxygens (including phenoxy) is 1. The maximum atomic E-state index is 5.30. The SMILES string of the molecule is C=C1CN(Cc2cccc(C)c2)CO1. The lowest BCUT2D eigenvalue weighted by atomic mass is 10.1. The van der Waals surface area contributed by atoms with Crippen molar-refractivity contribution in [3.8, 4) is 0 Å². The lowest BCUT2D eigenvalue weighted by Gasteiger charge is -2.11. The minimum absolute atomic E-state index is 0.673. The highest BCUT2D eigenvalue weighted by Crippen LogP contribution is 2.14. The van der Waals surface area contributed by atoms with E-state index in [1.807, 2.05) is 0 Å². The standard InChI is InChI=1S/C12H15NO/c1-10-4-3-5-12(6-10)8-13-7-11(2)14-9-13/h3-6H,2,7-9H2,1H3. The molecule has 0 bridgehead atoms. The minimum atomic E-state index is 0.673. The molecule has 0 aromatic heterocycles. The molecule has 0 atom stereocenters. The van der Waals surface area contributed by atoms with Gasteiger partial charge in [-0.2, -0.15) is 0 Å². The monoisotopic (exact) mass is 189 g/mol. The first-order chi connectivity index (χ1) is 6.74. The van der Waals surface area contributed by atoms with Crippen LogP contribution in [0.25, 0.3) is 0 Å². The van der Waals surface area contributed by atoms with E-state index in [1.165, 1.54) is 11.1 Å². The van der Waals surface area contributed by atoms with Gasteiger partial charge in [-0.3, -0.25) is 4.90 Å². The van der Waals surface area contributed by atoms with Gasteiger partial charge in [0.05, 0.1) is 6.54 Å². The van der Waals surface area contributed by atoms with Gasteiger partial charge < -0.3 is 4.74 Å². The number of nitrogens with zero attached hydrogens (tertiary/aromatic N) is 1. The number of hydrogen-bond donors (Lipinski definition) is 0. The lowest BCUT2D eigenvalue weighted by molar-refractivity contribution is 0.164. The van der Waals surface area contributed by atoms with Crippen molar-refractivity contribution in [2.75, 3.05) is 13.3 Å². The van der Waals surface area contributed by atoms with Gasteiger partial charge in [-0.1, -0.05) is 36.4 Å². The van der Waals surface area contributed by atoms with E-state index in [1.54, 1.807) is 0 Å². The van der Waals surface area contributed by atoms with Crippen LogP contribution in [-0.4, -0.2) is 18.2 Å². The molecule has 0 amide bonds. The molecular weight excluding hydrogens is 174 g/mol. The van der Waals surface area contributed by atoms with E-state index in [-0.39, 0.29) is 0 Å². The zero-order valence-electron chi connectivity index (χ0n) is 8.49. The lowest BCUT2D eigenvalue weighted by Crippen LogP contribution is -2.18. The average molecular weight is 189 g/mol. The Bertz CT molecular complexity index is 346. The molecule has 0 N–H and O–H groups in total. The van der Waals surface area contributed by atoms with E-state index in [0.717, 1.165) is 18.8 Å². The second-order valence-electron chi connectivity index (χ2n) is 3.79. The van der Waals surface area contributed by atoms with Crippen molar-refractivity contribution < 1.29 is 4.74 Å². The second kappa shape index (κ2) is 3.84. The van der Waals surface area contributed by atoms with Gasteiger partial charge >= 0.3 is 0 Å². The summed E-state index contributed by atoms with van der Waals surface area (Å²) in [5.74, 6) is 0.873. The van der Waals surface area contributed by atoms with Crippen LogP contribution in [0.2, 0.25) is 0 Å². The van der Waals surface area contributed by atoms with Gasteiger partial charge in [-0.25, -0.2) is 0 Å². The van der Waals surface area contributed by atoms with Crippen LogP contribution in [0.3, 0.4) is 0 Å². The van der Waals surface area contributed by atoms with Crippen LogP contribution in [0, 0.1) is 6.92 Å². The van der Waals surface area contributed by atoms with E-state index in [0.29, 0.717) is 6.73 Å². The summed E-state index contributed by atoms with van der Waals surface area (Å²) in [5, 5.41) is 0. The zero-order chi connectivity index (χ0) is 9.97. The Morgan fingerprint density at radius 3 is 3.00 bits per heavy atom. The van der Waals surface area contributed by atoms with Crippen LogP contribution in [0.15, 0.2) is 36.6 Å². The zero-order valence-corrected chi connectivity index (χ0v) is 8.49. The fraction of sp³-hybridized carbons (Fsp3) is 0.333. The van der Waals surface area contributed by atoms with E-state index in [2.05, 4.69) is 42.7 Å². The Morgan fingerprint density at radius 1 is 1.50 bits per heavy atom. The number of hydrogen-bond acceptors (Lipinski definition) is 2. The van der Waals surface area contributed by atoms with Gasteiger partial charge in [0.1, 0.15) is 12.5 Å². The van der Waals surface area contributed by atoms with Crippen molar-refractivity contribution in [3.63, 3.8) is 0 Å². The average Bonchev–Trinajstić information content (AvgIpc) is 2.51. The summed E-state index contributed by atoms with van der Waals surface area (Å²) in [6.45, 7) is 8.39. The van der Waals surface area contributed by atoms with E-state index in [9.17, 15) is 0 Å². The topological polar surface area (TPSA) is 12.5 Å². The predicted octanol–water partition coefficient (Wildman–Crippen LogP) is 2.30. The highest BCUT2D eigenvalue weighted by atomic mass is 16.5. The van der Waals surface area contributed by atoms with Crippen molar-refractivity contribution in [3.05, 3.63) is 47.7 Å². The van der Waals surface area contributed by atoms with Crippen molar-refractivity contribution >= 4 is 0 Å². The van der Waals surface area contributed by atoms with Crippen LogP contribution in [0.1, 0.15) is 11.1 Å². The Labute approximate surface area is 84.8 Å². The number of benzene rings is 1. The Kier molecular flexibility index (Phi) is 2.55. The highest BCUT2D eigenvalue weighted by molar-refractivity contribution is 5.22. The molecule has 1 aromatic rings. The van der Waals surface area contributed by atoms with Gasteiger partial charge in [0.15, 0.2) is 0 Å². The molecule has 1 fully saturated rings. The van der Waals surface area contributed by atoms with Crippen molar-refractivity contribution in [2.24, 2.45) is 0 Å². The molecule has 0 spiro atoms. The van der Waals surface area contributed by atoms with E-state index in [4.69, 9.17) is 4.74 Å². The molecule has 74 valence electrons. The molecular formula is C12H15NO. The van der Waals surface area contributed by atoms with Crippen LogP contribution in [0.4, 0.5) is 0 Å². The Morgan fingerprint density at radius 2 is 2.36 bits per heavy atom. The smallest absolute Gasteiger partial charge is 0.142 e. The fourth-order valence-electron chi connectivity index (χ4n) is 1.69. The van der Waals surface area contributed by atoms with E-state index >= 15 is 0 Å². The fourth-order valence-corrected chi connectivity index (χ4v) is 1.69. The molecule has 0 aliphatic carbocycles. The first-order valence-corrected chi connectivity index (χ1v) is 4.82. The van der Waals surface area contributed by atoms with Gasteiger partial charge in [0, 0.05) is 6.54 Å². The summed E-state index contributed by atoms with van der Waals surface area (Å²) >= 11 is 0. The molecule has 1 aliphatic rings. The first kappa shape index (κ1) is 9.28. The first-order valence-electron chi connectivity index (χ1n) is 4.82. The van der Waals surface area contributed by atoms with Gasteiger partial charge in [-0.05, 0) is 12.5 Å². The maximum absolute atomic E-state index is 5.30. The molecule has 1 aliphatic heterocycles. The number of aryl methyl sites for hydroxylation is 1. The third-order valence-electron chi connectivity index (χ3n) is 2.34. The molecule has 0 saturated carbocycles. The second-order valence-corrected chi connectivity index (χ2v) is 3.79. The number of rotatable bonds is 2. The maximum Gasteiger partial charge on any atom is 0.142 e. The van der Waals surface area contributed by atoms with Gasteiger partial charge in [0.2, 0.25) is 0 Å². The van der Waals surface area contributed by atoms with Crippen LogP contribution >= 0.6 is 0 Å². The largest absolute Gasteiger partial charge is 0.482 e. The molecule has 0 unspecified atom stereocenters. The van der Waals surface area contributed by atoms with Gasteiger partial charge in [0.25, 0.3) is 0 Å². The quantitative estimate of drug-likeness (QED) is 0.707. The summed E-state index contributed by atoms with van der Waals surface area (Å²) in [6, 6.07) is 8.56. The third kappa shape index (κ3) is 2.15. The molecule has 2 heteroatoms. The summed E-state index contributed by atoms with van der Waals surface area (Å²) in [4.78, 5) is 2.23. The summed E-state index contributed by atoms with van der Waals surface area (Å²) in [5.41, 5.74) is 2.64. The Hall–Kier alpha value is -1.28. The van der Waals surface area contributed by atoms with Crippen LogP contribution in [-0.2, 0) is 11.3 Å². The summed E-state index contributed by atoms with van der Waals surface area (Å²) in [6.07, 6.45) is 0. The third-order valence-corrected chi connectivity index (χ3v) is 2.34. The molecule has 2 nitrogen and oxygen atoms in total. The van der Waals surface area contributed by atoms with Crippen molar-refractivity contribution in [2.45, 2.75) is 13.5 Å². The van der Waals surface area contributed by atoms with Gasteiger partial charge in [-0.15, -0.1) is 0 Å². The highest BCUT2D eigenvalue weighted by Gasteiger charge is 2.15. The van der Waals surface area contributed by atoms with Crippen molar-refractivity contribution in [1.82, 2.24) is 4.90 Å². The van der Waals surface area contributed by atoms with E-state index < -0.39 is 0 Å². The molecule has 14 heavy (non-hydrogen) atoms. The normalized spacial score (nSPS) is 17.1. The molecule has 0 radical (unpaired) electrons. The Balaban J connectivity index is 2.00. The molecule has 1 aromatic carbocycles. The minimum Gasteiger partial charge on any atom is -0.482 e. The van der Waals surface area contributed by atoms with Crippen molar-refractivity contribution in [1.29, 1.82) is 0 Å². The van der Waals surface area contributed by atoms with Crippen LogP contribution < -0.4 is 0 Å². The summed E-state index contributed by atoms with van der Waals surface area (Å²) in [7, 11) is 0.